The lowest BCUT2D eigenvalue weighted by Crippen LogP contribution is -2.33. The number of anilines is 1. The minimum Gasteiger partial charge on any atom is -0.497 e. The first kappa shape index (κ1) is 22.8. The van der Waals surface area contributed by atoms with Crippen LogP contribution in [-0.4, -0.2) is 44.5 Å². The lowest BCUT2D eigenvalue weighted by Gasteiger charge is -2.23. The van der Waals surface area contributed by atoms with E-state index in [1.807, 2.05) is 42.5 Å². The molecule has 0 atom stereocenters. The van der Waals surface area contributed by atoms with E-state index in [1.54, 1.807) is 37.1 Å². The van der Waals surface area contributed by atoms with Crippen LogP contribution in [0.15, 0.2) is 48.5 Å². The molecule has 2 aromatic carbocycles. The molecule has 0 unspecified atom stereocenters. The zero-order valence-electron chi connectivity index (χ0n) is 17.6. The molecule has 0 aromatic heterocycles. The van der Waals surface area contributed by atoms with Crippen LogP contribution in [0.1, 0.15) is 24.8 Å². The lowest BCUT2D eigenvalue weighted by atomic mass is 10.1. The van der Waals surface area contributed by atoms with Crippen molar-refractivity contribution in [3.63, 3.8) is 0 Å². The Balaban J connectivity index is 1.98. The highest BCUT2D eigenvalue weighted by Gasteiger charge is 2.19. The Bertz CT molecular complexity index is 893. The van der Waals surface area contributed by atoms with Crippen molar-refractivity contribution in [3.05, 3.63) is 54.1 Å². The second-order valence-corrected chi connectivity index (χ2v) is 6.72. The van der Waals surface area contributed by atoms with Gasteiger partial charge in [0.2, 0.25) is 11.8 Å². The third-order valence-corrected chi connectivity index (χ3v) is 4.70. The SMILES string of the molecule is COc1ccc(CN(C)C(=O)CCC(=O)N(CCC#N)c2ccccc2)c(OC)c1. The van der Waals surface area contributed by atoms with Crippen LogP contribution in [-0.2, 0) is 16.1 Å². The Morgan fingerprint density at radius 2 is 1.70 bits per heavy atom. The van der Waals surface area contributed by atoms with Gasteiger partial charge in [-0.15, -0.1) is 0 Å². The first-order valence-electron chi connectivity index (χ1n) is 9.67. The van der Waals surface area contributed by atoms with Gasteiger partial charge in [0.15, 0.2) is 0 Å². The summed E-state index contributed by atoms with van der Waals surface area (Å²) in [6.45, 7) is 0.656. The number of benzene rings is 2. The first-order valence-corrected chi connectivity index (χ1v) is 9.67. The van der Waals surface area contributed by atoms with E-state index < -0.39 is 0 Å². The largest absolute Gasteiger partial charge is 0.497 e. The maximum absolute atomic E-state index is 12.7. The molecule has 2 amide bonds. The molecular weight excluding hydrogens is 382 g/mol. The average molecular weight is 409 g/mol. The summed E-state index contributed by atoms with van der Waals surface area (Å²) in [5.74, 6) is 0.986. The Morgan fingerprint density at radius 3 is 2.33 bits per heavy atom. The molecule has 2 aromatic rings. The first-order chi connectivity index (χ1) is 14.5. The van der Waals surface area contributed by atoms with Crippen molar-refractivity contribution in [2.75, 3.05) is 32.7 Å². The molecule has 0 saturated heterocycles. The van der Waals surface area contributed by atoms with Gasteiger partial charge in [0.25, 0.3) is 0 Å². The summed E-state index contributed by atoms with van der Waals surface area (Å²) in [4.78, 5) is 28.4. The number of ether oxygens (including phenoxy) is 2. The molecule has 0 aliphatic carbocycles. The fraction of sp³-hybridized carbons (Fsp3) is 0.348. The highest BCUT2D eigenvalue weighted by atomic mass is 16.5. The fourth-order valence-corrected chi connectivity index (χ4v) is 3.03. The molecule has 0 heterocycles. The molecule has 0 aliphatic heterocycles. The van der Waals surface area contributed by atoms with E-state index in [-0.39, 0.29) is 31.1 Å². The van der Waals surface area contributed by atoms with Crippen LogP contribution >= 0.6 is 0 Å². The molecule has 0 radical (unpaired) electrons. The summed E-state index contributed by atoms with van der Waals surface area (Å²) in [6, 6.07) is 16.7. The molecule has 0 N–H and O–H groups in total. The number of hydrogen-bond donors (Lipinski definition) is 0. The van der Waals surface area contributed by atoms with Crippen LogP contribution in [0.5, 0.6) is 11.5 Å². The van der Waals surface area contributed by atoms with Crippen molar-refractivity contribution in [1.29, 1.82) is 5.26 Å². The number of nitriles is 1. The smallest absolute Gasteiger partial charge is 0.227 e. The molecule has 7 heteroatoms. The molecule has 30 heavy (non-hydrogen) atoms. The summed E-state index contributed by atoms with van der Waals surface area (Å²) in [7, 11) is 4.84. The molecule has 2 rings (SSSR count). The minimum absolute atomic E-state index is 0.0727. The van der Waals surface area contributed by atoms with E-state index in [4.69, 9.17) is 14.7 Å². The fourth-order valence-electron chi connectivity index (χ4n) is 3.03. The lowest BCUT2D eigenvalue weighted by molar-refractivity contribution is -0.132. The highest BCUT2D eigenvalue weighted by molar-refractivity contribution is 5.95. The Morgan fingerprint density at radius 1 is 1.00 bits per heavy atom. The molecule has 0 bridgehead atoms. The highest BCUT2D eigenvalue weighted by Crippen LogP contribution is 2.25. The van der Waals surface area contributed by atoms with Gasteiger partial charge < -0.3 is 19.3 Å². The van der Waals surface area contributed by atoms with Gasteiger partial charge in [-0.2, -0.15) is 5.26 Å². The number of rotatable bonds is 10. The number of para-hydroxylation sites is 1. The van der Waals surface area contributed by atoms with Crippen LogP contribution in [0.25, 0.3) is 0 Å². The van der Waals surface area contributed by atoms with Crippen molar-refractivity contribution in [3.8, 4) is 17.6 Å². The maximum Gasteiger partial charge on any atom is 0.227 e. The zero-order chi connectivity index (χ0) is 21.9. The number of amides is 2. The second-order valence-electron chi connectivity index (χ2n) is 6.72. The van der Waals surface area contributed by atoms with E-state index in [2.05, 4.69) is 6.07 Å². The topological polar surface area (TPSA) is 82.9 Å². The van der Waals surface area contributed by atoms with E-state index in [9.17, 15) is 9.59 Å². The quantitative estimate of drug-likeness (QED) is 0.601. The second kappa shape index (κ2) is 11.5. The summed E-state index contributed by atoms with van der Waals surface area (Å²) in [6.07, 6.45) is 0.388. The molecule has 0 aliphatic rings. The van der Waals surface area contributed by atoms with Gasteiger partial charge in [-0.1, -0.05) is 18.2 Å². The Labute approximate surface area is 177 Å². The van der Waals surface area contributed by atoms with Gasteiger partial charge in [0.1, 0.15) is 11.5 Å². The number of nitrogens with zero attached hydrogens (tertiary/aromatic N) is 3. The average Bonchev–Trinajstić information content (AvgIpc) is 2.78. The normalized spacial score (nSPS) is 10.1. The van der Waals surface area contributed by atoms with Crippen molar-refractivity contribution in [2.24, 2.45) is 0 Å². The molecule has 0 fully saturated rings. The molecule has 7 nitrogen and oxygen atoms in total. The number of carbonyl (C=O) groups excluding carboxylic acids is 2. The van der Waals surface area contributed by atoms with E-state index in [1.165, 1.54) is 0 Å². The monoisotopic (exact) mass is 409 g/mol. The third kappa shape index (κ3) is 6.24. The van der Waals surface area contributed by atoms with Gasteiger partial charge in [-0.25, -0.2) is 0 Å². The maximum atomic E-state index is 12.7. The van der Waals surface area contributed by atoms with Crippen LogP contribution < -0.4 is 14.4 Å². The van der Waals surface area contributed by atoms with E-state index in [0.29, 0.717) is 24.6 Å². The van der Waals surface area contributed by atoms with Crippen LogP contribution in [0.4, 0.5) is 5.69 Å². The molecular formula is C23H27N3O4. The van der Waals surface area contributed by atoms with Crippen molar-refractivity contribution in [1.82, 2.24) is 4.90 Å². The van der Waals surface area contributed by atoms with Crippen LogP contribution in [0, 0.1) is 11.3 Å². The summed E-state index contributed by atoms with van der Waals surface area (Å²) < 4.78 is 10.6. The van der Waals surface area contributed by atoms with E-state index in [0.717, 1.165) is 11.3 Å². The number of methoxy groups -OCH3 is 2. The van der Waals surface area contributed by atoms with Gasteiger partial charge in [0.05, 0.1) is 26.7 Å². The number of hydrogen-bond acceptors (Lipinski definition) is 5. The predicted molar refractivity (Wildman–Crippen MR) is 114 cm³/mol. The summed E-state index contributed by atoms with van der Waals surface area (Å²) in [5, 5.41) is 8.88. The van der Waals surface area contributed by atoms with Crippen molar-refractivity contribution >= 4 is 17.5 Å². The van der Waals surface area contributed by atoms with E-state index >= 15 is 0 Å². The molecule has 0 saturated carbocycles. The third-order valence-electron chi connectivity index (χ3n) is 4.70. The molecule has 158 valence electrons. The number of carbonyl (C=O) groups is 2. The van der Waals surface area contributed by atoms with Crippen molar-refractivity contribution in [2.45, 2.75) is 25.8 Å². The van der Waals surface area contributed by atoms with Crippen LogP contribution in [0.2, 0.25) is 0 Å². The Kier molecular flexibility index (Phi) is 8.70. The minimum atomic E-state index is -0.180. The van der Waals surface area contributed by atoms with Gasteiger partial charge in [0, 0.05) is 50.3 Å². The van der Waals surface area contributed by atoms with Crippen LogP contribution in [0.3, 0.4) is 0 Å². The summed E-state index contributed by atoms with van der Waals surface area (Å²) >= 11 is 0. The summed E-state index contributed by atoms with van der Waals surface area (Å²) in [5.41, 5.74) is 1.57. The van der Waals surface area contributed by atoms with Gasteiger partial charge >= 0.3 is 0 Å². The van der Waals surface area contributed by atoms with Gasteiger partial charge in [-0.05, 0) is 24.3 Å². The molecule has 0 spiro atoms. The zero-order valence-corrected chi connectivity index (χ0v) is 17.6. The predicted octanol–water partition coefficient (Wildman–Crippen LogP) is 3.39. The standard InChI is InChI=1S/C23H27N3O4/c1-25(17-18-10-11-20(29-2)16-21(18)30-3)22(27)12-13-23(28)26(15-7-14-24)19-8-5-4-6-9-19/h4-6,8-11,16H,7,12-13,15,17H2,1-3H3. The Hall–Kier alpha value is -3.53. The van der Waals surface area contributed by atoms with Crippen molar-refractivity contribution < 1.29 is 19.1 Å². The van der Waals surface area contributed by atoms with Gasteiger partial charge in [-0.3, -0.25) is 9.59 Å².